The molecule has 2 aromatic rings. The molecule has 3 aliphatic rings. The third-order valence-corrected chi connectivity index (χ3v) is 5.93. The molecule has 2 bridgehead atoms. The van der Waals surface area contributed by atoms with Gasteiger partial charge >= 0.3 is 0 Å². The maximum Gasteiger partial charge on any atom is 0.264 e. The van der Waals surface area contributed by atoms with Crippen LogP contribution in [0.1, 0.15) is 18.9 Å². The van der Waals surface area contributed by atoms with E-state index in [1.807, 2.05) is 11.8 Å². The Labute approximate surface area is 183 Å². The van der Waals surface area contributed by atoms with Crippen LogP contribution in [0.25, 0.3) is 11.4 Å². The number of morpholine rings is 3. The Morgan fingerprint density at radius 2 is 1.69 bits per heavy atom. The largest absolute Gasteiger partial charge is 0.384 e. The van der Waals surface area contributed by atoms with Crippen LogP contribution in [0.2, 0.25) is 0 Å². The van der Waals surface area contributed by atoms with Gasteiger partial charge in [-0.15, -0.1) is 0 Å². The van der Waals surface area contributed by atoms with Crippen molar-refractivity contribution in [1.82, 2.24) is 19.9 Å². The van der Waals surface area contributed by atoms with Crippen LogP contribution in [0.5, 0.6) is 0 Å². The lowest BCUT2D eigenvalue weighted by molar-refractivity contribution is -0.0355. The zero-order valence-electron chi connectivity index (χ0n) is 17.7. The Bertz CT molecular complexity index is 960. The molecule has 0 spiro atoms. The van der Waals surface area contributed by atoms with Crippen LogP contribution in [0, 0.1) is 0 Å². The van der Waals surface area contributed by atoms with Crippen molar-refractivity contribution in [1.29, 1.82) is 0 Å². The second kappa shape index (κ2) is 8.68. The maximum atomic E-state index is 13.8. The molecule has 0 aromatic carbocycles. The lowest BCUT2D eigenvalue weighted by Crippen LogP contribution is -2.60. The van der Waals surface area contributed by atoms with E-state index in [1.165, 1.54) is 6.20 Å². The second-order valence-corrected chi connectivity index (χ2v) is 8.16. The van der Waals surface area contributed by atoms with Gasteiger partial charge in [-0.2, -0.15) is 15.0 Å². The van der Waals surface area contributed by atoms with Gasteiger partial charge in [0.15, 0.2) is 5.82 Å². The molecular formula is C20H25F2N7O3. The summed E-state index contributed by atoms with van der Waals surface area (Å²) >= 11 is 0. The fourth-order valence-corrected chi connectivity index (χ4v) is 4.32. The minimum Gasteiger partial charge on any atom is -0.384 e. The molecule has 32 heavy (non-hydrogen) atoms. The molecule has 12 heteroatoms. The van der Waals surface area contributed by atoms with Gasteiger partial charge in [0, 0.05) is 23.9 Å². The van der Waals surface area contributed by atoms with Crippen LogP contribution >= 0.6 is 0 Å². The number of anilines is 3. The summed E-state index contributed by atoms with van der Waals surface area (Å²) in [6.07, 6.45) is -1.46. The Morgan fingerprint density at radius 1 is 1.00 bits per heavy atom. The first-order valence-electron chi connectivity index (χ1n) is 10.6. The number of rotatable bonds is 4. The van der Waals surface area contributed by atoms with E-state index in [9.17, 15) is 8.78 Å². The molecule has 2 N–H and O–H groups in total. The van der Waals surface area contributed by atoms with Crippen LogP contribution in [0.4, 0.5) is 26.5 Å². The topological polar surface area (TPSA) is 112 Å². The van der Waals surface area contributed by atoms with Crippen molar-refractivity contribution in [3.05, 3.63) is 17.8 Å². The van der Waals surface area contributed by atoms with E-state index < -0.39 is 6.43 Å². The van der Waals surface area contributed by atoms with Gasteiger partial charge in [0.25, 0.3) is 6.43 Å². The molecular weight excluding hydrogens is 424 g/mol. The average Bonchev–Trinajstić information content (AvgIpc) is 2.78. The Hall–Kier alpha value is -2.70. The Morgan fingerprint density at radius 3 is 2.34 bits per heavy atom. The lowest BCUT2D eigenvalue weighted by atomic mass is 10.1. The predicted octanol–water partition coefficient (Wildman–Crippen LogP) is 1.28. The highest BCUT2D eigenvalue weighted by Gasteiger charge is 2.38. The molecule has 5 heterocycles. The molecule has 3 saturated heterocycles. The number of nitrogen functional groups attached to an aromatic ring is 1. The molecule has 3 aliphatic heterocycles. The number of nitrogens with two attached hydrogens (primary N) is 1. The molecule has 172 valence electrons. The van der Waals surface area contributed by atoms with Crippen LogP contribution in [-0.2, 0) is 14.2 Å². The lowest BCUT2D eigenvalue weighted by Gasteiger charge is -2.45. The first-order chi connectivity index (χ1) is 15.5. The number of pyridine rings is 1. The Kier molecular flexibility index (Phi) is 5.74. The monoisotopic (exact) mass is 449 g/mol. The summed E-state index contributed by atoms with van der Waals surface area (Å²) in [4.78, 5) is 22.1. The minimum absolute atomic E-state index is 0.0141. The fraction of sp³-hybridized carbons (Fsp3) is 0.600. The molecule has 1 atom stereocenters. The maximum absolute atomic E-state index is 13.8. The minimum atomic E-state index is -2.75. The number of hydrogen-bond donors (Lipinski definition) is 1. The van der Waals surface area contributed by atoms with E-state index in [-0.39, 0.29) is 40.9 Å². The molecule has 10 nitrogen and oxygen atoms in total. The first kappa shape index (κ1) is 21.2. The van der Waals surface area contributed by atoms with Crippen molar-refractivity contribution >= 4 is 17.7 Å². The summed E-state index contributed by atoms with van der Waals surface area (Å²) in [6, 6.07) is 1.06. The molecule has 5 rings (SSSR count). The fourth-order valence-electron chi connectivity index (χ4n) is 4.32. The average molecular weight is 449 g/mol. The predicted molar refractivity (Wildman–Crippen MR) is 112 cm³/mol. The standard InChI is InChI=1S/C20H25F2N7O3/c1-11-6-30-3-2-28(11)19-25-18(15-5-24-16(23)4-14(15)17(21)22)26-20(27-19)29-12-7-31-9-13(29)10-32-8-12/h4-5,11-13,17H,2-3,6-10H2,1H3,(H2,23,24)/t11-,12?,13?/m1/s1. The summed E-state index contributed by atoms with van der Waals surface area (Å²) in [7, 11) is 0. The number of alkyl halides is 2. The van der Waals surface area contributed by atoms with E-state index in [0.717, 1.165) is 6.07 Å². The van der Waals surface area contributed by atoms with E-state index in [1.54, 1.807) is 0 Å². The highest BCUT2D eigenvalue weighted by Crippen LogP contribution is 2.33. The van der Waals surface area contributed by atoms with Gasteiger partial charge in [0.2, 0.25) is 11.9 Å². The van der Waals surface area contributed by atoms with Crippen molar-refractivity contribution in [3.63, 3.8) is 0 Å². The van der Waals surface area contributed by atoms with Gasteiger partial charge in [-0.1, -0.05) is 0 Å². The Balaban J connectivity index is 1.64. The van der Waals surface area contributed by atoms with Crippen molar-refractivity contribution < 1.29 is 23.0 Å². The number of hydrogen-bond acceptors (Lipinski definition) is 10. The SMILES string of the molecule is C[C@@H]1COCCN1c1nc(-c2cnc(N)cc2C(F)F)nc(N2C3COCC2COC3)n1. The van der Waals surface area contributed by atoms with Crippen molar-refractivity contribution in [2.75, 3.05) is 61.7 Å². The van der Waals surface area contributed by atoms with E-state index in [4.69, 9.17) is 24.9 Å². The number of fused-ring (bicyclic) bond motifs is 2. The zero-order chi connectivity index (χ0) is 22.2. The van der Waals surface area contributed by atoms with Gasteiger partial charge in [-0.25, -0.2) is 13.8 Å². The normalized spacial score (nSPS) is 25.9. The summed E-state index contributed by atoms with van der Waals surface area (Å²) in [5.41, 5.74) is 5.53. The highest BCUT2D eigenvalue weighted by molar-refractivity contribution is 5.64. The van der Waals surface area contributed by atoms with Gasteiger partial charge in [-0.05, 0) is 13.0 Å². The number of halogens is 2. The van der Waals surface area contributed by atoms with Gasteiger partial charge < -0.3 is 29.7 Å². The quantitative estimate of drug-likeness (QED) is 0.733. The molecule has 2 aromatic heterocycles. The molecule has 0 aliphatic carbocycles. The van der Waals surface area contributed by atoms with E-state index in [2.05, 4.69) is 19.9 Å². The number of ether oxygens (including phenoxy) is 3. The molecule has 0 radical (unpaired) electrons. The summed E-state index contributed by atoms with van der Waals surface area (Å²) in [5, 5.41) is 0. The van der Waals surface area contributed by atoms with Gasteiger partial charge in [-0.3, -0.25) is 0 Å². The van der Waals surface area contributed by atoms with Crippen molar-refractivity contribution in [2.45, 2.75) is 31.5 Å². The number of aromatic nitrogens is 4. The van der Waals surface area contributed by atoms with Gasteiger partial charge in [0.05, 0.1) is 57.8 Å². The molecule has 3 fully saturated rings. The van der Waals surface area contributed by atoms with E-state index >= 15 is 0 Å². The van der Waals surface area contributed by atoms with Crippen LogP contribution in [0.15, 0.2) is 12.3 Å². The van der Waals surface area contributed by atoms with Crippen molar-refractivity contribution in [3.8, 4) is 11.4 Å². The molecule has 0 amide bonds. The van der Waals surface area contributed by atoms with Crippen LogP contribution < -0.4 is 15.5 Å². The van der Waals surface area contributed by atoms with Crippen molar-refractivity contribution in [2.24, 2.45) is 0 Å². The molecule has 0 saturated carbocycles. The highest BCUT2D eigenvalue weighted by atomic mass is 19.3. The summed E-state index contributed by atoms with van der Waals surface area (Å²) in [5.74, 6) is 0.989. The third-order valence-electron chi connectivity index (χ3n) is 5.93. The molecule has 0 unspecified atom stereocenters. The van der Waals surface area contributed by atoms with Crippen LogP contribution in [0.3, 0.4) is 0 Å². The summed E-state index contributed by atoms with van der Waals surface area (Å²) in [6.45, 7) is 5.57. The second-order valence-electron chi connectivity index (χ2n) is 8.16. The van der Waals surface area contributed by atoms with Crippen LogP contribution in [-0.4, -0.2) is 84.2 Å². The number of nitrogens with zero attached hydrogens (tertiary/aromatic N) is 6. The van der Waals surface area contributed by atoms with E-state index in [0.29, 0.717) is 58.1 Å². The summed E-state index contributed by atoms with van der Waals surface area (Å²) < 4.78 is 44.6. The third kappa shape index (κ3) is 3.93. The zero-order valence-corrected chi connectivity index (χ0v) is 17.7. The van der Waals surface area contributed by atoms with Gasteiger partial charge in [0.1, 0.15) is 5.82 Å². The first-order valence-corrected chi connectivity index (χ1v) is 10.6. The smallest absolute Gasteiger partial charge is 0.264 e.